The summed E-state index contributed by atoms with van der Waals surface area (Å²) >= 11 is 0. The number of halogens is 3. The second-order valence-electron chi connectivity index (χ2n) is 7.86. The number of nitrogens with two attached hydrogens (primary N) is 1. The summed E-state index contributed by atoms with van der Waals surface area (Å²) in [5, 5.41) is 5.33. The SMILES string of the molecule is Cc1ccccc1C(CC(=O)NCC(C)(C)c1cccc(C(F)(F)F)c1)NC(N)=O. The van der Waals surface area contributed by atoms with Crippen molar-refractivity contribution in [3.63, 3.8) is 0 Å². The lowest BCUT2D eigenvalue weighted by molar-refractivity contribution is -0.137. The molecule has 0 saturated carbocycles. The highest BCUT2D eigenvalue weighted by molar-refractivity contribution is 5.79. The molecule has 30 heavy (non-hydrogen) atoms. The van der Waals surface area contributed by atoms with E-state index in [1.165, 1.54) is 6.07 Å². The van der Waals surface area contributed by atoms with Crippen molar-refractivity contribution in [3.05, 3.63) is 70.8 Å². The van der Waals surface area contributed by atoms with E-state index in [2.05, 4.69) is 10.6 Å². The molecule has 0 fully saturated rings. The van der Waals surface area contributed by atoms with E-state index >= 15 is 0 Å². The Bertz CT molecular complexity index is 910. The van der Waals surface area contributed by atoms with Crippen LogP contribution in [0.25, 0.3) is 0 Å². The standard InChI is InChI=1S/C22H26F3N3O2/c1-14-7-4-5-10-17(14)18(28-20(26)30)12-19(29)27-13-21(2,3)15-8-6-9-16(11-15)22(23,24)25/h4-11,18H,12-13H2,1-3H3,(H,27,29)(H3,26,28,30). The number of primary amides is 1. The topological polar surface area (TPSA) is 84.2 Å². The average molecular weight is 421 g/mol. The number of urea groups is 1. The Morgan fingerprint density at radius 1 is 1.03 bits per heavy atom. The summed E-state index contributed by atoms with van der Waals surface area (Å²) in [6.45, 7) is 5.50. The quantitative estimate of drug-likeness (QED) is 0.626. The first-order valence-electron chi connectivity index (χ1n) is 9.46. The smallest absolute Gasteiger partial charge is 0.355 e. The molecule has 0 aliphatic rings. The molecule has 0 spiro atoms. The Kier molecular flexibility index (Phi) is 7.12. The molecule has 162 valence electrons. The van der Waals surface area contributed by atoms with Crippen molar-refractivity contribution in [1.82, 2.24) is 10.6 Å². The van der Waals surface area contributed by atoms with Crippen molar-refractivity contribution in [2.75, 3.05) is 6.54 Å². The molecule has 0 bridgehead atoms. The third kappa shape index (κ3) is 6.23. The lowest BCUT2D eigenvalue weighted by Crippen LogP contribution is -2.40. The minimum absolute atomic E-state index is 0.0491. The summed E-state index contributed by atoms with van der Waals surface area (Å²) < 4.78 is 39.0. The van der Waals surface area contributed by atoms with Crippen LogP contribution in [-0.2, 0) is 16.4 Å². The summed E-state index contributed by atoms with van der Waals surface area (Å²) in [5.41, 5.74) is 5.91. The Morgan fingerprint density at radius 2 is 1.67 bits per heavy atom. The molecule has 1 unspecified atom stereocenters. The van der Waals surface area contributed by atoms with Gasteiger partial charge >= 0.3 is 12.2 Å². The second-order valence-corrected chi connectivity index (χ2v) is 7.86. The fourth-order valence-electron chi connectivity index (χ4n) is 3.18. The molecular formula is C22H26F3N3O2. The molecule has 0 aromatic heterocycles. The van der Waals surface area contributed by atoms with Crippen molar-refractivity contribution in [2.45, 2.75) is 44.8 Å². The lowest BCUT2D eigenvalue weighted by atomic mass is 9.83. The molecule has 4 N–H and O–H groups in total. The number of rotatable bonds is 7. The largest absolute Gasteiger partial charge is 0.416 e. The zero-order chi connectivity index (χ0) is 22.5. The highest BCUT2D eigenvalue weighted by atomic mass is 19.4. The van der Waals surface area contributed by atoms with Gasteiger partial charge in [0.05, 0.1) is 18.0 Å². The monoisotopic (exact) mass is 421 g/mol. The minimum Gasteiger partial charge on any atom is -0.355 e. The van der Waals surface area contributed by atoms with Crippen molar-refractivity contribution in [1.29, 1.82) is 0 Å². The molecule has 0 heterocycles. The third-order valence-electron chi connectivity index (χ3n) is 4.97. The van der Waals surface area contributed by atoms with Crippen molar-refractivity contribution >= 4 is 11.9 Å². The zero-order valence-corrected chi connectivity index (χ0v) is 17.1. The first-order valence-corrected chi connectivity index (χ1v) is 9.46. The highest BCUT2D eigenvalue weighted by Crippen LogP contribution is 2.32. The number of hydrogen-bond donors (Lipinski definition) is 3. The summed E-state index contributed by atoms with van der Waals surface area (Å²) in [6.07, 6.45) is -4.48. The number of aryl methyl sites for hydroxylation is 1. The number of carbonyl (C=O) groups is 2. The Balaban J connectivity index is 2.09. The molecule has 3 amide bonds. The summed E-state index contributed by atoms with van der Waals surface area (Å²) in [5.74, 6) is -0.350. The van der Waals surface area contributed by atoms with Gasteiger partial charge < -0.3 is 16.4 Å². The molecule has 0 saturated heterocycles. The van der Waals surface area contributed by atoms with E-state index < -0.39 is 29.2 Å². The van der Waals surface area contributed by atoms with Crippen LogP contribution in [0.3, 0.4) is 0 Å². The lowest BCUT2D eigenvalue weighted by Gasteiger charge is -2.27. The van der Waals surface area contributed by atoms with Gasteiger partial charge in [0.15, 0.2) is 0 Å². The van der Waals surface area contributed by atoms with E-state index in [-0.39, 0.29) is 18.9 Å². The van der Waals surface area contributed by atoms with E-state index in [9.17, 15) is 22.8 Å². The van der Waals surface area contributed by atoms with Crippen LogP contribution in [0.4, 0.5) is 18.0 Å². The number of benzene rings is 2. The van der Waals surface area contributed by atoms with Crippen LogP contribution in [0.5, 0.6) is 0 Å². The van der Waals surface area contributed by atoms with Gasteiger partial charge in [-0.3, -0.25) is 4.79 Å². The number of carbonyl (C=O) groups excluding carboxylic acids is 2. The third-order valence-corrected chi connectivity index (χ3v) is 4.97. The van der Waals surface area contributed by atoms with Gasteiger partial charge in [0.25, 0.3) is 0 Å². The molecule has 0 aliphatic carbocycles. The molecule has 2 aromatic carbocycles. The number of amides is 3. The fraction of sp³-hybridized carbons (Fsp3) is 0.364. The van der Waals surface area contributed by atoms with Gasteiger partial charge in [0.2, 0.25) is 5.91 Å². The number of hydrogen-bond acceptors (Lipinski definition) is 2. The van der Waals surface area contributed by atoms with Crippen LogP contribution >= 0.6 is 0 Å². The van der Waals surface area contributed by atoms with E-state index in [1.807, 2.05) is 19.1 Å². The highest BCUT2D eigenvalue weighted by Gasteiger charge is 2.32. The zero-order valence-electron chi connectivity index (χ0n) is 17.1. The molecule has 5 nitrogen and oxygen atoms in total. The van der Waals surface area contributed by atoms with Crippen LogP contribution in [0.1, 0.15) is 48.6 Å². The predicted molar refractivity (Wildman–Crippen MR) is 109 cm³/mol. The van der Waals surface area contributed by atoms with Crippen LogP contribution in [0.15, 0.2) is 48.5 Å². The van der Waals surface area contributed by atoms with E-state index in [0.29, 0.717) is 5.56 Å². The Labute approximate surface area is 173 Å². The van der Waals surface area contributed by atoms with Gasteiger partial charge in [0, 0.05) is 12.0 Å². The molecule has 1 atom stereocenters. The first-order chi connectivity index (χ1) is 13.9. The van der Waals surface area contributed by atoms with Crippen LogP contribution in [-0.4, -0.2) is 18.5 Å². The van der Waals surface area contributed by atoms with Gasteiger partial charge in [-0.15, -0.1) is 0 Å². The van der Waals surface area contributed by atoms with Gasteiger partial charge in [-0.25, -0.2) is 4.79 Å². The number of nitrogens with one attached hydrogen (secondary N) is 2. The van der Waals surface area contributed by atoms with E-state index in [0.717, 1.165) is 23.3 Å². The molecule has 0 aliphatic heterocycles. The maximum absolute atomic E-state index is 13.0. The fourth-order valence-corrected chi connectivity index (χ4v) is 3.18. The average Bonchev–Trinajstić information content (AvgIpc) is 2.65. The molecule has 2 aromatic rings. The van der Waals surface area contributed by atoms with Crippen molar-refractivity contribution < 1.29 is 22.8 Å². The molecular weight excluding hydrogens is 395 g/mol. The summed E-state index contributed by atoms with van der Waals surface area (Å²) in [4.78, 5) is 23.9. The maximum Gasteiger partial charge on any atom is 0.416 e. The van der Waals surface area contributed by atoms with Crippen LogP contribution in [0.2, 0.25) is 0 Å². The van der Waals surface area contributed by atoms with Gasteiger partial charge in [-0.1, -0.05) is 56.3 Å². The van der Waals surface area contributed by atoms with Crippen LogP contribution in [0, 0.1) is 6.92 Å². The second kappa shape index (κ2) is 9.19. The number of alkyl halides is 3. The van der Waals surface area contributed by atoms with Gasteiger partial charge in [-0.05, 0) is 29.7 Å². The Hall–Kier alpha value is -3.03. The summed E-state index contributed by atoms with van der Waals surface area (Å²) in [6, 6.07) is 11.0. The normalized spacial score (nSPS) is 12.9. The molecule has 0 radical (unpaired) electrons. The molecule has 8 heteroatoms. The van der Waals surface area contributed by atoms with Crippen LogP contribution < -0.4 is 16.4 Å². The minimum atomic E-state index is -4.43. The van der Waals surface area contributed by atoms with E-state index in [1.54, 1.807) is 32.0 Å². The van der Waals surface area contributed by atoms with E-state index in [4.69, 9.17) is 5.73 Å². The van der Waals surface area contributed by atoms with Gasteiger partial charge in [0.1, 0.15) is 0 Å². The maximum atomic E-state index is 13.0. The predicted octanol–water partition coefficient (Wildman–Crippen LogP) is 4.21. The molecule has 2 rings (SSSR count). The first kappa shape index (κ1) is 23.3. The Morgan fingerprint density at radius 3 is 2.27 bits per heavy atom. The van der Waals surface area contributed by atoms with Crippen molar-refractivity contribution in [3.8, 4) is 0 Å². The van der Waals surface area contributed by atoms with Gasteiger partial charge in [-0.2, -0.15) is 13.2 Å². The summed E-state index contributed by atoms with van der Waals surface area (Å²) in [7, 11) is 0. The van der Waals surface area contributed by atoms with Crippen molar-refractivity contribution in [2.24, 2.45) is 5.73 Å².